The summed E-state index contributed by atoms with van der Waals surface area (Å²) in [6, 6.07) is 9.63. The van der Waals surface area contributed by atoms with Crippen molar-refractivity contribution in [3.8, 4) is 10.6 Å². The molecule has 0 spiro atoms. The number of amides is 1. The smallest absolute Gasteiger partial charge is 0.275 e. The molecule has 3 aromatic heterocycles. The Hall–Kier alpha value is -2.07. The van der Waals surface area contributed by atoms with Crippen LogP contribution in [0.4, 0.5) is 5.69 Å². The normalized spacial score (nSPS) is 10.7. The fraction of sp³-hybridized carbons (Fsp3) is 0. The Morgan fingerprint density at radius 3 is 2.84 bits per heavy atom. The van der Waals surface area contributed by atoms with Crippen molar-refractivity contribution < 1.29 is 4.79 Å². The van der Waals surface area contributed by atoms with Gasteiger partial charge >= 0.3 is 0 Å². The maximum atomic E-state index is 12.6. The molecule has 0 aliphatic rings. The molecule has 124 valence electrons. The second kappa shape index (κ2) is 7.44. The summed E-state index contributed by atoms with van der Waals surface area (Å²) in [6.07, 6.45) is 0. The van der Waals surface area contributed by atoms with Gasteiger partial charge in [0.15, 0.2) is 4.34 Å². The molecule has 1 N–H and O–H groups in total. The zero-order valence-electron chi connectivity index (χ0n) is 12.6. The molecule has 0 saturated heterocycles. The standard InChI is InChI=1S/C16H10N4OS4/c21-14(12-8-23-15(19-12)10-5-6-22-7-10)18-11-3-1-2-4-13(11)25-16-20-17-9-24-16/h1-9H,(H,18,21). The minimum Gasteiger partial charge on any atom is -0.320 e. The van der Waals surface area contributed by atoms with E-state index in [9.17, 15) is 4.79 Å². The lowest BCUT2D eigenvalue weighted by Gasteiger charge is -2.08. The predicted molar refractivity (Wildman–Crippen MR) is 104 cm³/mol. The van der Waals surface area contributed by atoms with Gasteiger partial charge in [0.05, 0.1) is 5.69 Å². The number of para-hydroxylation sites is 1. The number of hydrogen-bond donors (Lipinski definition) is 1. The third-order valence-corrected chi connectivity index (χ3v) is 6.61. The average Bonchev–Trinajstić information content (AvgIpc) is 3.38. The van der Waals surface area contributed by atoms with Gasteiger partial charge < -0.3 is 5.32 Å². The van der Waals surface area contributed by atoms with E-state index in [-0.39, 0.29) is 5.91 Å². The second-order valence-corrected chi connectivity index (χ2v) is 8.57. The number of nitrogens with one attached hydrogen (secondary N) is 1. The summed E-state index contributed by atoms with van der Waals surface area (Å²) in [7, 11) is 0. The molecule has 0 fully saturated rings. The van der Waals surface area contributed by atoms with Crippen molar-refractivity contribution in [1.29, 1.82) is 0 Å². The van der Waals surface area contributed by atoms with Crippen LogP contribution >= 0.6 is 45.8 Å². The van der Waals surface area contributed by atoms with Crippen LogP contribution in [0.1, 0.15) is 10.5 Å². The Balaban J connectivity index is 1.53. The maximum absolute atomic E-state index is 12.6. The minimum atomic E-state index is -0.219. The Morgan fingerprint density at radius 1 is 1.12 bits per heavy atom. The van der Waals surface area contributed by atoms with Crippen LogP contribution in [0.2, 0.25) is 0 Å². The van der Waals surface area contributed by atoms with Crippen LogP contribution in [0.5, 0.6) is 0 Å². The molecule has 5 nitrogen and oxygen atoms in total. The minimum absolute atomic E-state index is 0.219. The molecule has 4 aromatic rings. The van der Waals surface area contributed by atoms with Crippen LogP contribution in [0, 0.1) is 0 Å². The van der Waals surface area contributed by atoms with Gasteiger partial charge in [-0.25, -0.2) is 4.98 Å². The zero-order valence-corrected chi connectivity index (χ0v) is 15.8. The van der Waals surface area contributed by atoms with Crippen molar-refractivity contribution in [2.75, 3.05) is 5.32 Å². The largest absolute Gasteiger partial charge is 0.320 e. The molecule has 4 rings (SSSR count). The number of anilines is 1. The van der Waals surface area contributed by atoms with Crippen molar-refractivity contribution in [2.45, 2.75) is 9.24 Å². The van der Waals surface area contributed by atoms with Crippen LogP contribution in [0.25, 0.3) is 10.6 Å². The lowest BCUT2D eigenvalue weighted by Crippen LogP contribution is -2.12. The molecule has 3 heterocycles. The quantitative estimate of drug-likeness (QED) is 0.501. The molecular weight excluding hydrogens is 392 g/mol. The van der Waals surface area contributed by atoms with E-state index in [1.165, 1.54) is 34.4 Å². The number of thiazole rings is 1. The summed E-state index contributed by atoms with van der Waals surface area (Å²) in [5, 5.41) is 17.5. The van der Waals surface area contributed by atoms with Gasteiger partial charge in [0.1, 0.15) is 16.2 Å². The summed E-state index contributed by atoms with van der Waals surface area (Å²) in [4.78, 5) is 17.9. The number of aromatic nitrogens is 3. The first-order chi connectivity index (χ1) is 12.3. The lowest BCUT2D eigenvalue weighted by atomic mass is 10.3. The first-order valence-corrected chi connectivity index (χ1v) is 10.6. The van der Waals surface area contributed by atoms with Crippen LogP contribution < -0.4 is 5.32 Å². The molecule has 0 radical (unpaired) electrons. The number of carbonyl (C=O) groups is 1. The molecule has 0 aliphatic carbocycles. The third-order valence-electron chi connectivity index (χ3n) is 3.18. The molecule has 0 aliphatic heterocycles. The van der Waals surface area contributed by atoms with Crippen LogP contribution in [0.15, 0.2) is 61.2 Å². The Bertz CT molecular complexity index is 979. The summed E-state index contributed by atoms with van der Waals surface area (Å²) in [5.41, 5.74) is 3.88. The number of carbonyl (C=O) groups excluding carboxylic acids is 1. The zero-order chi connectivity index (χ0) is 17.1. The van der Waals surface area contributed by atoms with E-state index >= 15 is 0 Å². The summed E-state index contributed by atoms with van der Waals surface area (Å²) in [6.45, 7) is 0. The van der Waals surface area contributed by atoms with Crippen molar-refractivity contribution in [2.24, 2.45) is 0 Å². The van der Waals surface area contributed by atoms with Crippen molar-refractivity contribution in [3.63, 3.8) is 0 Å². The van der Waals surface area contributed by atoms with Crippen molar-refractivity contribution in [3.05, 3.63) is 57.7 Å². The highest BCUT2D eigenvalue weighted by molar-refractivity contribution is 8.01. The molecule has 0 saturated carbocycles. The summed E-state index contributed by atoms with van der Waals surface area (Å²) < 4.78 is 0.829. The van der Waals surface area contributed by atoms with Gasteiger partial charge in [-0.3, -0.25) is 4.79 Å². The van der Waals surface area contributed by atoms with E-state index < -0.39 is 0 Å². The van der Waals surface area contributed by atoms with Crippen LogP contribution in [0.3, 0.4) is 0 Å². The van der Waals surface area contributed by atoms with E-state index in [0.29, 0.717) is 5.69 Å². The van der Waals surface area contributed by atoms with Gasteiger partial charge in [-0.15, -0.1) is 21.5 Å². The molecular formula is C16H10N4OS4. The molecule has 1 aromatic carbocycles. The Kier molecular flexibility index (Phi) is 4.88. The van der Waals surface area contributed by atoms with E-state index in [4.69, 9.17) is 0 Å². The maximum Gasteiger partial charge on any atom is 0.275 e. The molecule has 0 unspecified atom stereocenters. The first kappa shape index (κ1) is 16.4. The third kappa shape index (κ3) is 3.79. The van der Waals surface area contributed by atoms with Crippen molar-refractivity contribution >= 4 is 57.4 Å². The highest BCUT2D eigenvalue weighted by Gasteiger charge is 2.14. The number of hydrogen-bond acceptors (Lipinski definition) is 8. The predicted octanol–water partition coefficient (Wildman–Crippen LogP) is 5.13. The van der Waals surface area contributed by atoms with Gasteiger partial charge in [-0.05, 0) is 23.6 Å². The monoisotopic (exact) mass is 402 g/mol. The van der Waals surface area contributed by atoms with E-state index in [2.05, 4.69) is 20.5 Å². The van der Waals surface area contributed by atoms with Gasteiger partial charge in [-0.1, -0.05) is 35.2 Å². The van der Waals surface area contributed by atoms with E-state index in [0.717, 1.165) is 25.5 Å². The highest BCUT2D eigenvalue weighted by Crippen LogP contribution is 2.34. The SMILES string of the molecule is O=C(Nc1ccccc1Sc1nncs1)c1csc(-c2ccsc2)n1. The number of rotatable bonds is 5. The topological polar surface area (TPSA) is 67.8 Å². The Labute approximate surface area is 159 Å². The average molecular weight is 403 g/mol. The Morgan fingerprint density at radius 2 is 2.04 bits per heavy atom. The molecule has 1 amide bonds. The fourth-order valence-electron chi connectivity index (χ4n) is 2.04. The number of benzene rings is 1. The van der Waals surface area contributed by atoms with Crippen molar-refractivity contribution in [1.82, 2.24) is 15.2 Å². The molecule has 9 heteroatoms. The molecule has 25 heavy (non-hydrogen) atoms. The van der Waals surface area contributed by atoms with Gasteiger partial charge in [0, 0.05) is 21.2 Å². The van der Waals surface area contributed by atoms with Gasteiger partial charge in [0.2, 0.25) is 0 Å². The van der Waals surface area contributed by atoms with Crippen LogP contribution in [-0.4, -0.2) is 21.1 Å². The lowest BCUT2D eigenvalue weighted by molar-refractivity contribution is 0.102. The van der Waals surface area contributed by atoms with Gasteiger partial charge in [-0.2, -0.15) is 11.3 Å². The fourth-order valence-corrected chi connectivity index (χ4v) is 5.08. The number of thiophene rings is 1. The number of nitrogens with zero attached hydrogens (tertiary/aromatic N) is 3. The molecule has 0 bridgehead atoms. The van der Waals surface area contributed by atoms with Gasteiger partial charge in [0.25, 0.3) is 5.91 Å². The summed E-state index contributed by atoms with van der Waals surface area (Å²) >= 11 is 6.02. The highest BCUT2D eigenvalue weighted by atomic mass is 32.2. The summed E-state index contributed by atoms with van der Waals surface area (Å²) in [5.74, 6) is -0.219. The van der Waals surface area contributed by atoms with E-state index in [1.54, 1.807) is 22.2 Å². The second-order valence-electron chi connectivity index (χ2n) is 4.81. The van der Waals surface area contributed by atoms with Crippen LogP contribution in [-0.2, 0) is 0 Å². The first-order valence-electron chi connectivity index (χ1n) is 7.12. The van der Waals surface area contributed by atoms with E-state index in [1.807, 2.05) is 41.1 Å². The molecule has 0 atom stereocenters.